The maximum absolute atomic E-state index is 13.3. The lowest BCUT2D eigenvalue weighted by Crippen LogP contribution is -2.27. The number of alkyl halides is 2. The largest absolute Gasteiger partial charge is 0.434 e. The molecule has 1 fully saturated rings. The summed E-state index contributed by atoms with van der Waals surface area (Å²) in [6, 6.07) is 10.2. The SMILES string of the molecule is CSN1CCC(C#Cc2ccc3nc4n(c3c2)[C@@H](c2c(C=O)cccc2OC(F)F)CC4N(C)C)CC1. The Kier molecular flexibility index (Phi) is 7.52. The van der Waals surface area contributed by atoms with Crippen LogP contribution in [0.2, 0.25) is 0 Å². The minimum atomic E-state index is -2.99. The summed E-state index contributed by atoms with van der Waals surface area (Å²) in [5.74, 6) is 8.04. The summed E-state index contributed by atoms with van der Waals surface area (Å²) in [6.45, 7) is -0.902. The lowest BCUT2D eigenvalue weighted by molar-refractivity contribution is -0.0507. The van der Waals surface area contributed by atoms with Gasteiger partial charge < -0.3 is 9.30 Å². The van der Waals surface area contributed by atoms with Crippen LogP contribution in [0.1, 0.15) is 58.7 Å². The van der Waals surface area contributed by atoms with Crippen molar-refractivity contribution in [2.45, 2.75) is 38.0 Å². The Balaban J connectivity index is 1.57. The molecule has 0 aliphatic carbocycles. The van der Waals surface area contributed by atoms with E-state index in [2.05, 4.69) is 31.9 Å². The number of nitrogens with zero attached hydrogens (tertiary/aromatic N) is 4. The van der Waals surface area contributed by atoms with E-state index < -0.39 is 6.61 Å². The van der Waals surface area contributed by atoms with Gasteiger partial charge in [0.05, 0.1) is 23.1 Å². The molecule has 2 aliphatic rings. The predicted molar refractivity (Wildman–Crippen MR) is 142 cm³/mol. The van der Waals surface area contributed by atoms with E-state index in [1.165, 1.54) is 6.07 Å². The van der Waals surface area contributed by atoms with Crippen LogP contribution in [0.25, 0.3) is 11.0 Å². The number of imidazole rings is 1. The first-order valence-corrected chi connectivity index (χ1v) is 13.6. The highest BCUT2D eigenvalue weighted by Gasteiger charge is 2.38. The molecule has 2 atom stereocenters. The van der Waals surface area contributed by atoms with Crippen LogP contribution < -0.4 is 4.74 Å². The summed E-state index contributed by atoms with van der Waals surface area (Å²) in [6.07, 6.45) is 5.50. The third kappa shape index (κ3) is 5.11. The van der Waals surface area contributed by atoms with Crippen molar-refractivity contribution in [1.82, 2.24) is 18.8 Å². The number of piperidine rings is 1. The summed E-state index contributed by atoms with van der Waals surface area (Å²) in [5.41, 5.74) is 3.37. The van der Waals surface area contributed by atoms with Crippen molar-refractivity contribution in [3.63, 3.8) is 0 Å². The number of fused-ring (bicyclic) bond motifs is 3. The van der Waals surface area contributed by atoms with Crippen LogP contribution >= 0.6 is 11.9 Å². The fourth-order valence-corrected chi connectivity index (χ4v) is 6.03. The molecule has 194 valence electrons. The standard InChI is InChI=1S/C28H30F2N4O2S/c1-32(2)24-16-23(26-20(17-35)5-4-6-25(26)36-28(29)30)34-22-15-19(9-10-21(22)31-27(24)34)8-7-18-11-13-33(37-3)14-12-18/h4-6,9-10,15,17-18,23-24,28H,11-14,16H2,1-3H3/t23-,24?/m1/s1. The van der Waals surface area contributed by atoms with E-state index in [4.69, 9.17) is 9.72 Å². The molecular weight excluding hydrogens is 494 g/mol. The first-order chi connectivity index (χ1) is 17.9. The van der Waals surface area contributed by atoms with Gasteiger partial charge in [0, 0.05) is 35.7 Å². The molecule has 0 radical (unpaired) electrons. The van der Waals surface area contributed by atoms with Gasteiger partial charge >= 0.3 is 6.61 Å². The normalized spacial score (nSPS) is 20.3. The third-order valence-electron chi connectivity index (χ3n) is 7.31. The van der Waals surface area contributed by atoms with E-state index in [1.54, 1.807) is 24.1 Å². The number of benzene rings is 2. The second-order valence-corrected chi connectivity index (χ2v) is 10.6. The molecule has 0 N–H and O–H groups in total. The van der Waals surface area contributed by atoms with Gasteiger partial charge in [-0.05, 0) is 63.9 Å². The lowest BCUT2D eigenvalue weighted by Gasteiger charge is -2.27. The zero-order valence-electron chi connectivity index (χ0n) is 21.2. The summed E-state index contributed by atoms with van der Waals surface area (Å²) in [5, 5.41) is 0. The Morgan fingerprint density at radius 2 is 2.00 bits per heavy atom. The van der Waals surface area contributed by atoms with E-state index in [1.807, 2.05) is 32.3 Å². The zero-order chi connectivity index (χ0) is 26.1. The maximum Gasteiger partial charge on any atom is 0.387 e. The van der Waals surface area contributed by atoms with Crippen molar-refractivity contribution in [2.75, 3.05) is 33.4 Å². The Hall–Kier alpha value is -2.93. The van der Waals surface area contributed by atoms with Crippen LogP contribution in [-0.2, 0) is 0 Å². The van der Waals surface area contributed by atoms with Gasteiger partial charge in [-0.25, -0.2) is 4.98 Å². The molecule has 0 bridgehead atoms. The van der Waals surface area contributed by atoms with E-state index in [-0.39, 0.29) is 17.8 Å². The molecular formula is C28H30F2N4O2S. The summed E-state index contributed by atoms with van der Waals surface area (Å²) in [7, 11) is 3.94. The topological polar surface area (TPSA) is 50.6 Å². The molecule has 5 rings (SSSR count). The van der Waals surface area contributed by atoms with Crippen LogP contribution in [0.15, 0.2) is 36.4 Å². The highest BCUT2D eigenvalue weighted by molar-refractivity contribution is 7.96. The van der Waals surface area contributed by atoms with E-state index in [0.29, 0.717) is 29.8 Å². The first-order valence-electron chi connectivity index (χ1n) is 12.4. The summed E-state index contributed by atoms with van der Waals surface area (Å²) >= 11 is 1.78. The molecule has 2 aromatic carbocycles. The van der Waals surface area contributed by atoms with Gasteiger partial charge in [0.15, 0.2) is 6.29 Å². The molecule has 0 spiro atoms. The van der Waals surface area contributed by atoms with Crippen molar-refractivity contribution in [3.8, 4) is 17.6 Å². The highest BCUT2D eigenvalue weighted by atomic mass is 32.2. The van der Waals surface area contributed by atoms with Gasteiger partial charge in [0.25, 0.3) is 0 Å². The van der Waals surface area contributed by atoms with Crippen molar-refractivity contribution in [2.24, 2.45) is 5.92 Å². The number of rotatable bonds is 6. The monoisotopic (exact) mass is 524 g/mol. The van der Waals surface area contributed by atoms with Crippen LogP contribution in [0.5, 0.6) is 5.75 Å². The van der Waals surface area contributed by atoms with E-state index in [9.17, 15) is 13.6 Å². The van der Waals surface area contributed by atoms with Crippen molar-refractivity contribution in [1.29, 1.82) is 0 Å². The van der Waals surface area contributed by atoms with Gasteiger partial charge in [0.1, 0.15) is 11.6 Å². The average Bonchev–Trinajstić information content (AvgIpc) is 3.44. The smallest absolute Gasteiger partial charge is 0.387 e. The molecule has 2 aliphatic heterocycles. The van der Waals surface area contributed by atoms with Gasteiger partial charge in [-0.15, -0.1) is 0 Å². The number of carbonyl (C=O) groups is 1. The Labute approximate surface area is 220 Å². The van der Waals surface area contributed by atoms with E-state index in [0.717, 1.165) is 48.4 Å². The molecule has 1 saturated heterocycles. The van der Waals surface area contributed by atoms with Crippen LogP contribution in [0.4, 0.5) is 8.78 Å². The molecule has 3 heterocycles. The number of ether oxygens (including phenoxy) is 1. The first kappa shape index (κ1) is 25.7. The Morgan fingerprint density at radius 1 is 1.22 bits per heavy atom. The number of halogens is 2. The molecule has 37 heavy (non-hydrogen) atoms. The van der Waals surface area contributed by atoms with Gasteiger partial charge in [-0.2, -0.15) is 8.78 Å². The minimum Gasteiger partial charge on any atom is -0.434 e. The number of aromatic nitrogens is 2. The Morgan fingerprint density at radius 3 is 2.68 bits per heavy atom. The number of hydrogen-bond acceptors (Lipinski definition) is 6. The molecule has 1 unspecified atom stereocenters. The number of carbonyl (C=O) groups excluding carboxylic acids is 1. The predicted octanol–water partition coefficient (Wildman–Crippen LogP) is 5.39. The van der Waals surface area contributed by atoms with Gasteiger partial charge in [-0.1, -0.05) is 35.9 Å². The average molecular weight is 525 g/mol. The molecule has 0 amide bonds. The molecule has 1 aromatic heterocycles. The molecule has 9 heteroatoms. The minimum absolute atomic E-state index is 0.0179. The zero-order valence-corrected chi connectivity index (χ0v) is 22.0. The second-order valence-electron chi connectivity index (χ2n) is 9.69. The van der Waals surface area contributed by atoms with Crippen LogP contribution in [0, 0.1) is 17.8 Å². The van der Waals surface area contributed by atoms with Crippen LogP contribution in [-0.4, -0.2) is 65.1 Å². The Bertz CT molecular complexity index is 1360. The molecule has 6 nitrogen and oxygen atoms in total. The van der Waals surface area contributed by atoms with Crippen molar-refractivity contribution in [3.05, 3.63) is 58.9 Å². The lowest BCUT2D eigenvalue weighted by atomic mass is 9.96. The quantitative estimate of drug-likeness (QED) is 0.245. The second kappa shape index (κ2) is 10.8. The highest BCUT2D eigenvalue weighted by Crippen LogP contribution is 2.46. The third-order valence-corrected chi connectivity index (χ3v) is 8.19. The maximum atomic E-state index is 13.3. The number of hydrogen-bond donors (Lipinski definition) is 0. The summed E-state index contributed by atoms with van der Waals surface area (Å²) in [4.78, 5) is 19.0. The van der Waals surface area contributed by atoms with Crippen molar-refractivity contribution >= 4 is 29.3 Å². The molecule has 3 aromatic rings. The molecule has 0 saturated carbocycles. The van der Waals surface area contributed by atoms with Crippen LogP contribution in [0.3, 0.4) is 0 Å². The fraction of sp³-hybridized carbons (Fsp3) is 0.429. The van der Waals surface area contributed by atoms with E-state index >= 15 is 0 Å². The fourth-order valence-electron chi connectivity index (χ4n) is 5.45. The van der Waals surface area contributed by atoms with Gasteiger partial charge in [-0.3, -0.25) is 14.0 Å². The summed E-state index contributed by atoms with van der Waals surface area (Å²) < 4.78 is 35.9. The van der Waals surface area contributed by atoms with Gasteiger partial charge in [0.2, 0.25) is 0 Å². The number of aldehydes is 1. The van der Waals surface area contributed by atoms with Crippen molar-refractivity contribution < 1.29 is 18.3 Å².